The second-order valence-electron chi connectivity index (χ2n) is 7.15. The number of nitrogens with one attached hydrogen (secondary N) is 1. The molecule has 0 saturated carbocycles. The van der Waals surface area contributed by atoms with Crippen LogP contribution in [-0.4, -0.2) is 55.9 Å². The standard InChI is InChI=1S/C22H29N5O2/c1-23-22(25-27(17-28)20-7-9-21(29-2)10-8-20)19-6-4-13-26(16-19)14-11-18-5-3-12-24-15-18/h3,5,7-10,12,15,17,19H,4,6,11,13-14,16H2,1-2H3,(H,23,25). The van der Waals surface area contributed by atoms with Crippen molar-refractivity contribution < 1.29 is 9.53 Å². The van der Waals surface area contributed by atoms with Gasteiger partial charge in [-0.2, -0.15) is 0 Å². The van der Waals surface area contributed by atoms with E-state index in [0.29, 0.717) is 0 Å². The Balaban J connectivity index is 1.59. The summed E-state index contributed by atoms with van der Waals surface area (Å²) in [6.45, 7) is 3.01. The van der Waals surface area contributed by atoms with Crippen LogP contribution in [0.3, 0.4) is 0 Å². The molecule has 1 aliphatic rings. The lowest BCUT2D eigenvalue weighted by Crippen LogP contribution is -2.49. The summed E-state index contributed by atoms with van der Waals surface area (Å²) in [7, 11) is 3.39. The molecule has 0 spiro atoms. The third kappa shape index (κ3) is 5.77. The van der Waals surface area contributed by atoms with Crippen LogP contribution in [0.15, 0.2) is 53.8 Å². The molecule has 1 aromatic carbocycles. The summed E-state index contributed by atoms with van der Waals surface area (Å²) in [5, 5.41) is 1.47. The maximum Gasteiger partial charge on any atom is 0.232 e. The summed E-state index contributed by atoms with van der Waals surface area (Å²) in [4.78, 5) is 22.8. The second kappa shape index (κ2) is 10.6. The minimum atomic E-state index is 0.267. The van der Waals surface area contributed by atoms with Gasteiger partial charge in [0, 0.05) is 38.4 Å². The first-order valence-electron chi connectivity index (χ1n) is 9.96. The minimum absolute atomic E-state index is 0.267. The van der Waals surface area contributed by atoms with Crippen LogP contribution in [0.4, 0.5) is 5.69 Å². The van der Waals surface area contributed by atoms with Gasteiger partial charge in [0.15, 0.2) is 0 Å². The van der Waals surface area contributed by atoms with Crippen molar-refractivity contribution in [3.05, 3.63) is 54.4 Å². The lowest BCUT2D eigenvalue weighted by Gasteiger charge is -2.34. The summed E-state index contributed by atoms with van der Waals surface area (Å²) in [5.74, 6) is 1.85. The summed E-state index contributed by atoms with van der Waals surface area (Å²) >= 11 is 0. The Morgan fingerprint density at radius 1 is 1.38 bits per heavy atom. The Morgan fingerprint density at radius 2 is 2.21 bits per heavy atom. The lowest BCUT2D eigenvalue weighted by atomic mass is 9.96. The van der Waals surface area contributed by atoms with E-state index >= 15 is 0 Å². The van der Waals surface area contributed by atoms with E-state index in [1.165, 1.54) is 10.6 Å². The van der Waals surface area contributed by atoms with Gasteiger partial charge in [-0.3, -0.25) is 20.2 Å². The Morgan fingerprint density at radius 3 is 2.86 bits per heavy atom. The first kappa shape index (κ1) is 20.8. The highest BCUT2D eigenvalue weighted by Gasteiger charge is 2.25. The molecular formula is C22H29N5O2. The lowest BCUT2D eigenvalue weighted by molar-refractivity contribution is -0.107. The second-order valence-corrected chi connectivity index (χ2v) is 7.15. The molecule has 1 N–H and O–H groups in total. The van der Waals surface area contributed by atoms with Crippen molar-refractivity contribution in [2.75, 3.05) is 38.8 Å². The van der Waals surface area contributed by atoms with E-state index in [2.05, 4.69) is 26.4 Å². The van der Waals surface area contributed by atoms with Gasteiger partial charge in [0.2, 0.25) is 6.41 Å². The monoisotopic (exact) mass is 395 g/mol. The van der Waals surface area contributed by atoms with Crippen molar-refractivity contribution in [1.29, 1.82) is 0 Å². The number of likely N-dealkylation sites (tertiary alicyclic amines) is 1. The fourth-order valence-electron chi connectivity index (χ4n) is 3.66. The topological polar surface area (TPSA) is 70.1 Å². The third-order valence-electron chi connectivity index (χ3n) is 5.26. The SMILES string of the molecule is CN=C(NN(C=O)c1ccc(OC)cc1)C1CCCN(CCc2cccnc2)C1. The van der Waals surface area contributed by atoms with Gasteiger partial charge < -0.3 is 9.64 Å². The number of carbonyl (C=O) groups is 1. The number of rotatable bonds is 8. The van der Waals surface area contributed by atoms with E-state index < -0.39 is 0 Å². The number of anilines is 1. The number of aliphatic imine (C=N–C) groups is 1. The molecule has 1 fully saturated rings. The predicted octanol–water partition coefficient (Wildman–Crippen LogP) is 2.54. The van der Waals surface area contributed by atoms with E-state index in [1.54, 1.807) is 20.4 Å². The highest BCUT2D eigenvalue weighted by atomic mass is 16.5. The van der Waals surface area contributed by atoms with Gasteiger partial charge in [0.25, 0.3) is 0 Å². The molecule has 7 nitrogen and oxygen atoms in total. The molecule has 1 unspecified atom stereocenters. The first-order valence-corrected chi connectivity index (χ1v) is 9.96. The number of carbonyl (C=O) groups excluding carboxylic acids is 1. The fourth-order valence-corrected chi connectivity index (χ4v) is 3.66. The number of pyridine rings is 1. The molecule has 1 aliphatic heterocycles. The van der Waals surface area contributed by atoms with Crippen molar-refractivity contribution >= 4 is 17.9 Å². The van der Waals surface area contributed by atoms with E-state index in [9.17, 15) is 4.79 Å². The van der Waals surface area contributed by atoms with E-state index in [0.717, 1.165) is 62.6 Å². The van der Waals surface area contributed by atoms with E-state index in [1.807, 2.05) is 36.5 Å². The molecule has 2 aromatic rings. The smallest absolute Gasteiger partial charge is 0.232 e. The molecular weight excluding hydrogens is 366 g/mol. The molecule has 29 heavy (non-hydrogen) atoms. The molecule has 1 saturated heterocycles. The number of benzene rings is 1. The Bertz CT molecular complexity index is 795. The molecule has 0 aliphatic carbocycles. The first-order chi connectivity index (χ1) is 14.2. The van der Waals surface area contributed by atoms with Crippen LogP contribution in [0.5, 0.6) is 5.75 Å². The van der Waals surface area contributed by atoms with E-state index in [-0.39, 0.29) is 5.92 Å². The Labute approximate surface area is 172 Å². The number of methoxy groups -OCH3 is 1. The number of ether oxygens (including phenoxy) is 1. The number of hydrogen-bond acceptors (Lipinski definition) is 5. The van der Waals surface area contributed by atoms with Gasteiger partial charge >= 0.3 is 0 Å². The molecule has 1 atom stereocenters. The van der Waals surface area contributed by atoms with Crippen molar-refractivity contribution in [2.24, 2.45) is 10.9 Å². The molecule has 2 heterocycles. The van der Waals surface area contributed by atoms with Crippen LogP contribution in [0.1, 0.15) is 18.4 Å². The zero-order valence-electron chi connectivity index (χ0n) is 17.1. The number of hydrogen-bond donors (Lipinski definition) is 1. The number of hydrazine groups is 1. The average Bonchev–Trinajstić information content (AvgIpc) is 2.79. The van der Waals surface area contributed by atoms with Crippen LogP contribution in [0.25, 0.3) is 0 Å². The van der Waals surface area contributed by atoms with Crippen LogP contribution >= 0.6 is 0 Å². The summed E-state index contributed by atoms with van der Waals surface area (Å²) in [5.41, 5.74) is 5.20. The zero-order valence-corrected chi connectivity index (χ0v) is 17.1. The predicted molar refractivity (Wildman–Crippen MR) is 115 cm³/mol. The average molecular weight is 396 g/mol. The van der Waals surface area contributed by atoms with Gasteiger partial charge in [0.05, 0.1) is 12.8 Å². The number of amides is 1. The Hall–Kier alpha value is -2.93. The van der Waals surface area contributed by atoms with Crippen LogP contribution in [0.2, 0.25) is 0 Å². The highest BCUT2D eigenvalue weighted by Crippen LogP contribution is 2.20. The highest BCUT2D eigenvalue weighted by molar-refractivity contribution is 5.90. The van der Waals surface area contributed by atoms with Crippen LogP contribution < -0.4 is 15.2 Å². The molecule has 1 aromatic heterocycles. The van der Waals surface area contributed by atoms with Crippen molar-refractivity contribution in [3.63, 3.8) is 0 Å². The Kier molecular flexibility index (Phi) is 7.58. The summed E-state index contributed by atoms with van der Waals surface area (Å²) in [6, 6.07) is 11.4. The molecule has 0 radical (unpaired) electrons. The van der Waals surface area contributed by atoms with Gasteiger partial charge in [-0.05, 0) is 61.7 Å². The largest absolute Gasteiger partial charge is 0.497 e. The van der Waals surface area contributed by atoms with Crippen LogP contribution in [-0.2, 0) is 11.2 Å². The van der Waals surface area contributed by atoms with Crippen LogP contribution in [0, 0.1) is 5.92 Å². The van der Waals surface area contributed by atoms with Gasteiger partial charge in [-0.25, -0.2) is 5.01 Å². The van der Waals surface area contributed by atoms with Gasteiger partial charge in [-0.1, -0.05) is 6.07 Å². The van der Waals surface area contributed by atoms with Crippen molar-refractivity contribution in [2.45, 2.75) is 19.3 Å². The zero-order chi connectivity index (χ0) is 20.5. The molecule has 7 heteroatoms. The van der Waals surface area contributed by atoms with Crippen molar-refractivity contribution in [1.82, 2.24) is 15.3 Å². The van der Waals surface area contributed by atoms with Crippen molar-refractivity contribution in [3.8, 4) is 5.75 Å². The number of aromatic nitrogens is 1. The molecule has 3 rings (SSSR count). The number of nitrogens with zero attached hydrogens (tertiary/aromatic N) is 4. The molecule has 0 bridgehead atoms. The summed E-state index contributed by atoms with van der Waals surface area (Å²) in [6.07, 6.45) is 7.66. The molecule has 1 amide bonds. The number of piperidine rings is 1. The minimum Gasteiger partial charge on any atom is -0.497 e. The normalized spacial score (nSPS) is 17.6. The summed E-state index contributed by atoms with van der Waals surface area (Å²) < 4.78 is 5.19. The maximum absolute atomic E-state index is 11.7. The maximum atomic E-state index is 11.7. The number of amidine groups is 1. The van der Waals surface area contributed by atoms with Gasteiger partial charge in [0.1, 0.15) is 11.6 Å². The van der Waals surface area contributed by atoms with Gasteiger partial charge in [-0.15, -0.1) is 0 Å². The molecule has 154 valence electrons. The van der Waals surface area contributed by atoms with E-state index in [4.69, 9.17) is 4.74 Å². The quantitative estimate of drug-likeness (QED) is 0.322. The third-order valence-corrected chi connectivity index (χ3v) is 5.26. The fraction of sp³-hybridized carbons (Fsp3) is 0.409.